The number of hydrogen-bond acceptors (Lipinski definition) is 0. The van der Waals surface area contributed by atoms with E-state index < -0.39 is 0 Å². The highest BCUT2D eigenvalue weighted by atomic mass is 79.9. The lowest BCUT2D eigenvalue weighted by atomic mass is 9.99. The third-order valence-electron chi connectivity index (χ3n) is 2.47. The Hall–Kier alpha value is -1.52. The quantitative estimate of drug-likeness (QED) is 0.676. The molecule has 0 saturated carbocycles. The van der Waals surface area contributed by atoms with Gasteiger partial charge in [0.2, 0.25) is 0 Å². The molecule has 0 N–H and O–H groups in total. The Morgan fingerprint density at radius 2 is 1.62 bits per heavy atom. The molecule has 0 atom stereocenters. The molecule has 2 aromatic rings. The van der Waals surface area contributed by atoms with E-state index in [2.05, 4.69) is 63.9 Å². The van der Waals surface area contributed by atoms with Crippen molar-refractivity contribution in [3.8, 4) is 21.9 Å². The summed E-state index contributed by atoms with van der Waals surface area (Å²) >= 11 is 3.14. The Morgan fingerprint density at radius 1 is 0.938 bits per heavy atom. The van der Waals surface area contributed by atoms with Gasteiger partial charge in [0, 0.05) is 21.5 Å². The largest absolute Gasteiger partial charge is 0.0616 e. The summed E-state index contributed by atoms with van der Waals surface area (Å²) in [4.78, 5) is 2.77. The molecule has 16 heavy (non-hydrogen) atoms. The Balaban J connectivity index is 2.54. The van der Waals surface area contributed by atoms with E-state index in [0.717, 1.165) is 5.56 Å². The van der Waals surface area contributed by atoms with Crippen LogP contribution in [0.25, 0.3) is 11.1 Å². The second-order valence-corrected chi connectivity index (χ2v) is 4.03. The minimum atomic E-state index is 1.04. The van der Waals surface area contributed by atoms with Crippen LogP contribution in [-0.2, 0) is 0 Å². The summed E-state index contributed by atoms with van der Waals surface area (Å²) in [5.74, 6) is 3.06. The Morgan fingerprint density at radius 3 is 2.31 bits per heavy atom. The van der Waals surface area contributed by atoms with Gasteiger partial charge in [-0.2, -0.15) is 0 Å². The lowest BCUT2D eigenvalue weighted by Crippen LogP contribution is -1.83. The fraction of sp³-hybridized carbons (Fsp3) is 0.0667. The normalized spacial score (nSPS) is 9.38. The van der Waals surface area contributed by atoms with E-state index in [9.17, 15) is 0 Å². The Labute approximate surface area is 104 Å². The molecule has 1 heteroatoms. The second-order valence-electron chi connectivity index (χ2n) is 3.63. The van der Waals surface area contributed by atoms with E-state index in [-0.39, 0.29) is 0 Å². The van der Waals surface area contributed by atoms with Crippen LogP contribution < -0.4 is 0 Å². The molecule has 0 heterocycles. The van der Waals surface area contributed by atoms with Crippen molar-refractivity contribution < 1.29 is 0 Å². The lowest BCUT2D eigenvalue weighted by molar-refractivity contribution is 1.46. The maximum Gasteiger partial charge on any atom is 0.0332 e. The molecule has 0 radical (unpaired) electrons. The van der Waals surface area contributed by atoms with E-state index in [1.165, 1.54) is 16.7 Å². The molecule has 0 bridgehead atoms. The maximum atomic E-state index is 3.14. The van der Waals surface area contributed by atoms with Crippen molar-refractivity contribution in [2.75, 3.05) is 0 Å². The monoisotopic (exact) mass is 270 g/mol. The molecular weight excluding hydrogens is 260 g/mol. The van der Waals surface area contributed by atoms with Crippen molar-refractivity contribution in [2.45, 2.75) is 6.92 Å². The van der Waals surface area contributed by atoms with Crippen LogP contribution in [0.4, 0.5) is 0 Å². The summed E-state index contributed by atoms with van der Waals surface area (Å²) in [7, 11) is 0. The van der Waals surface area contributed by atoms with E-state index in [4.69, 9.17) is 0 Å². The van der Waals surface area contributed by atoms with Crippen LogP contribution in [-0.4, -0.2) is 0 Å². The molecule has 2 rings (SSSR count). The molecule has 0 nitrogen and oxygen atoms in total. The molecule has 0 spiro atoms. The molecule has 0 fully saturated rings. The molecule has 0 amide bonds. The van der Waals surface area contributed by atoms with Crippen LogP contribution in [0.3, 0.4) is 0 Å². The van der Waals surface area contributed by atoms with Crippen LogP contribution in [0.5, 0.6) is 0 Å². The van der Waals surface area contributed by atoms with Crippen LogP contribution in [0.15, 0.2) is 48.5 Å². The zero-order valence-corrected chi connectivity index (χ0v) is 10.6. The first-order chi connectivity index (χ1) is 7.81. The minimum absolute atomic E-state index is 1.04. The number of aryl methyl sites for hydroxylation is 1. The summed E-state index contributed by atoms with van der Waals surface area (Å²) in [5, 5.41) is 0. The van der Waals surface area contributed by atoms with Gasteiger partial charge in [-0.1, -0.05) is 53.9 Å². The van der Waals surface area contributed by atoms with E-state index in [0.29, 0.717) is 0 Å². The van der Waals surface area contributed by atoms with Crippen molar-refractivity contribution in [3.63, 3.8) is 0 Å². The fourth-order valence-electron chi connectivity index (χ4n) is 1.63. The molecule has 78 valence electrons. The van der Waals surface area contributed by atoms with Gasteiger partial charge in [-0.25, -0.2) is 0 Å². The molecule has 0 unspecified atom stereocenters. The smallest absolute Gasteiger partial charge is 0.0332 e. The zero-order chi connectivity index (χ0) is 11.4. The molecule has 0 aliphatic rings. The van der Waals surface area contributed by atoms with Gasteiger partial charge in [0.15, 0.2) is 0 Å². The van der Waals surface area contributed by atoms with Gasteiger partial charge in [-0.3, -0.25) is 0 Å². The number of rotatable bonds is 1. The number of halogens is 1. The summed E-state index contributed by atoms with van der Waals surface area (Å²) in [6, 6.07) is 16.7. The van der Waals surface area contributed by atoms with Gasteiger partial charge in [-0.05, 0) is 28.9 Å². The van der Waals surface area contributed by atoms with Crippen LogP contribution in [0.1, 0.15) is 11.1 Å². The van der Waals surface area contributed by atoms with Crippen molar-refractivity contribution in [1.29, 1.82) is 0 Å². The van der Waals surface area contributed by atoms with Crippen molar-refractivity contribution in [1.82, 2.24) is 0 Å². The second kappa shape index (κ2) is 5.01. The standard InChI is InChI=1S/C15H11Br/c1-12-6-8-14(9-7-12)15-5-3-2-4-13(15)10-11-16/h2-9H,1H3. The van der Waals surface area contributed by atoms with E-state index in [1.807, 2.05) is 18.2 Å². The van der Waals surface area contributed by atoms with Gasteiger partial charge < -0.3 is 0 Å². The van der Waals surface area contributed by atoms with Gasteiger partial charge in [0.05, 0.1) is 0 Å². The van der Waals surface area contributed by atoms with Gasteiger partial charge >= 0.3 is 0 Å². The van der Waals surface area contributed by atoms with Crippen molar-refractivity contribution in [3.05, 3.63) is 59.7 Å². The molecule has 0 aliphatic carbocycles. The van der Waals surface area contributed by atoms with Gasteiger partial charge in [0.1, 0.15) is 0 Å². The van der Waals surface area contributed by atoms with Crippen LogP contribution in [0, 0.1) is 17.7 Å². The fourth-order valence-corrected chi connectivity index (χ4v) is 1.84. The average molecular weight is 271 g/mol. The maximum absolute atomic E-state index is 3.14. The highest BCUT2D eigenvalue weighted by Crippen LogP contribution is 2.23. The van der Waals surface area contributed by atoms with Gasteiger partial charge in [-0.15, -0.1) is 0 Å². The zero-order valence-electron chi connectivity index (χ0n) is 9.00. The Kier molecular flexibility index (Phi) is 3.44. The number of hydrogen-bond donors (Lipinski definition) is 0. The third-order valence-corrected chi connectivity index (χ3v) is 2.67. The lowest BCUT2D eigenvalue weighted by Gasteiger charge is -2.04. The first kappa shape index (κ1) is 11.0. The highest BCUT2D eigenvalue weighted by molar-refractivity contribution is 9.12. The molecule has 0 aliphatic heterocycles. The highest BCUT2D eigenvalue weighted by Gasteiger charge is 2.01. The first-order valence-electron chi connectivity index (χ1n) is 5.09. The van der Waals surface area contributed by atoms with Crippen LogP contribution in [0.2, 0.25) is 0 Å². The number of benzene rings is 2. The van der Waals surface area contributed by atoms with E-state index >= 15 is 0 Å². The average Bonchev–Trinajstić information content (AvgIpc) is 2.32. The summed E-state index contributed by atoms with van der Waals surface area (Å²) < 4.78 is 0. The van der Waals surface area contributed by atoms with Gasteiger partial charge in [0.25, 0.3) is 0 Å². The summed E-state index contributed by atoms with van der Waals surface area (Å²) in [5.41, 5.74) is 4.70. The Bertz CT molecular complexity index is 542. The summed E-state index contributed by atoms with van der Waals surface area (Å²) in [6.07, 6.45) is 0. The third kappa shape index (κ3) is 2.35. The molecule has 0 saturated heterocycles. The van der Waals surface area contributed by atoms with Crippen molar-refractivity contribution >= 4 is 15.9 Å². The molecule has 2 aromatic carbocycles. The first-order valence-corrected chi connectivity index (χ1v) is 5.88. The summed E-state index contributed by atoms with van der Waals surface area (Å²) in [6.45, 7) is 2.09. The van der Waals surface area contributed by atoms with Crippen LogP contribution >= 0.6 is 15.9 Å². The molecule has 0 aromatic heterocycles. The topological polar surface area (TPSA) is 0 Å². The molecular formula is C15H11Br. The van der Waals surface area contributed by atoms with E-state index in [1.54, 1.807) is 0 Å². The SMILES string of the molecule is Cc1ccc(-c2ccccc2C#CBr)cc1. The minimum Gasteiger partial charge on any atom is -0.0616 e. The predicted molar refractivity (Wildman–Crippen MR) is 72.4 cm³/mol. The van der Waals surface area contributed by atoms with Crippen molar-refractivity contribution in [2.24, 2.45) is 0 Å². The predicted octanol–water partition coefficient (Wildman–Crippen LogP) is 4.37.